The zero-order valence-electron chi connectivity index (χ0n) is 9.95. The summed E-state index contributed by atoms with van der Waals surface area (Å²) in [5.41, 5.74) is 0. The van der Waals surface area contributed by atoms with E-state index in [-0.39, 0.29) is 0 Å². The van der Waals surface area contributed by atoms with Crippen LogP contribution < -0.4 is 5.32 Å². The Balaban J connectivity index is 1.92. The molecule has 1 aliphatic rings. The first kappa shape index (κ1) is 12.1. The fraction of sp³-hybridized carbons (Fsp3) is 0.692. The molecule has 0 bridgehead atoms. The van der Waals surface area contributed by atoms with Gasteiger partial charge in [0.1, 0.15) is 5.76 Å². The molecule has 2 atom stereocenters. The van der Waals surface area contributed by atoms with Crippen LogP contribution in [0.4, 0.5) is 0 Å². The molecule has 0 radical (unpaired) electrons. The lowest BCUT2D eigenvalue weighted by atomic mass is 10.0. The van der Waals surface area contributed by atoms with Crippen LogP contribution in [0.1, 0.15) is 31.9 Å². The number of hydrogen-bond acceptors (Lipinski definition) is 3. The van der Waals surface area contributed by atoms with E-state index in [2.05, 4.69) is 30.1 Å². The molecule has 2 heterocycles. The Morgan fingerprint density at radius 2 is 2.50 bits per heavy atom. The van der Waals surface area contributed by atoms with Crippen LogP contribution in [0.3, 0.4) is 0 Å². The number of furan rings is 1. The fourth-order valence-electron chi connectivity index (χ4n) is 2.33. The number of hydrogen-bond donors (Lipinski definition) is 1. The Bertz CT molecular complexity index is 280. The highest BCUT2D eigenvalue weighted by Gasteiger charge is 2.24. The second kappa shape index (κ2) is 6.36. The highest BCUT2D eigenvalue weighted by atomic mass is 32.2. The van der Waals surface area contributed by atoms with Crippen molar-refractivity contribution in [3.8, 4) is 0 Å². The summed E-state index contributed by atoms with van der Waals surface area (Å²) in [5.74, 6) is 2.43. The molecule has 1 saturated heterocycles. The molecule has 1 aliphatic heterocycles. The predicted octanol–water partition coefficient (Wildman–Crippen LogP) is 3.09. The molecule has 0 amide bonds. The second-order valence-electron chi connectivity index (χ2n) is 4.35. The smallest absolute Gasteiger partial charge is 0.105 e. The van der Waals surface area contributed by atoms with Gasteiger partial charge in [-0.15, -0.1) is 0 Å². The molecule has 90 valence electrons. The highest BCUT2D eigenvalue weighted by Crippen LogP contribution is 2.29. The molecule has 1 aromatic heterocycles. The van der Waals surface area contributed by atoms with E-state index in [0.29, 0.717) is 6.04 Å². The van der Waals surface area contributed by atoms with Gasteiger partial charge in [0.2, 0.25) is 0 Å². The summed E-state index contributed by atoms with van der Waals surface area (Å²) in [5, 5.41) is 4.37. The Hall–Kier alpha value is -0.410. The monoisotopic (exact) mass is 239 g/mol. The van der Waals surface area contributed by atoms with E-state index in [1.807, 2.05) is 6.07 Å². The van der Waals surface area contributed by atoms with E-state index in [4.69, 9.17) is 4.42 Å². The van der Waals surface area contributed by atoms with Crippen LogP contribution in [-0.4, -0.2) is 23.6 Å². The minimum Gasteiger partial charge on any atom is -0.469 e. The van der Waals surface area contributed by atoms with Crippen LogP contribution in [0.5, 0.6) is 0 Å². The van der Waals surface area contributed by atoms with Gasteiger partial charge in [-0.2, -0.15) is 11.8 Å². The average molecular weight is 239 g/mol. The van der Waals surface area contributed by atoms with Gasteiger partial charge in [-0.3, -0.25) is 0 Å². The number of thioether (sulfide) groups is 1. The summed E-state index contributed by atoms with van der Waals surface area (Å²) in [6, 6.07) is 4.63. The zero-order chi connectivity index (χ0) is 11.2. The molecule has 3 heteroatoms. The quantitative estimate of drug-likeness (QED) is 0.855. The van der Waals surface area contributed by atoms with Crippen molar-refractivity contribution >= 4 is 11.8 Å². The molecule has 0 aromatic carbocycles. The van der Waals surface area contributed by atoms with Gasteiger partial charge in [-0.05, 0) is 37.3 Å². The van der Waals surface area contributed by atoms with Crippen molar-refractivity contribution in [3.63, 3.8) is 0 Å². The largest absolute Gasteiger partial charge is 0.469 e. The van der Waals surface area contributed by atoms with Crippen LogP contribution in [0.2, 0.25) is 0 Å². The average Bonchev–Trinajstić information content (AvgIpc) is 2.83. The molecule has 2 unspecified atom stereocenters. The van der Waals surface area contributed by atoms with Crippen LogP contribution in [-0.2, 0) is 6.42 Å². The maximum absolute atomic E-state index is 5.45. The topological polar surface area (TPSA) is 25.2 Å². The molecule has 1 N–H and O–H groups in total. The minimum atomic E-state index is 0.571. The molecular formula is C13H21NOS. The van der Waals surface area contributed by atoms with Gasteiger partial charge in [0.25, 0.3) is 0 Å². The molecule has 0 saturated carbocycles. The van der Waals surface area contributed by atoms with Crippen molar-refractivity contribution < 1.29 is 4.42 Å². The summed E-state index contributed by atoms with van der Waals surface area (Å²) in [7, 11) is 0. The van der Waals surface area contributed by atoms with Crippen LogP contribution in [0, 0.1) is 0 Å². The first-order valence-electron chi connectivity index (χ1n) is 6.27. The summed E-state index contributed by atoms with van der Waals surface area (Å²) in [6.45, 7) is 3.23. The minimum absolute atomic E-state index is 0.571. The van der Waals surface area contributed by atoms with Gasteiger partial charge in [-0.1, -0.05) is 13.3 Å². The van der Waals surface area contributed by atoms with E-state index >= 15 is 0 Å². The number of likely N-dealkylation sites (N-methyl/N-ethyl adjacent to an activating group) is 1. The van der Waals surface area contributed by atoms with E-state index in [9.17, 15) is 0 Å². The molecule has 1 aromatic rings. The molecule has 0 aliphatic carbocycles. The maximum Gasteiger partial charge on any atom is 0.105 e. The van der Waals surface area contributed by atoms with Gasteiger partial charge in [-0.25, -0.2) is 0 Å². The normalized spacial score (nSPS) is 23.2. The van der Waals surface area contributed by atoms with E-state index in [1.165, 1.54) is 25.0 Å². The van der Waals surface area contributed by atoms with E-state index < -0.39 is 0 Å². The van der Waals surface area contributed by atoms with Gasteiger partial charge in [0.05, 0.1) is 6.26 Å². The van der Waals surface area contributed by atoms with Crippen molar-refractivity contribution in [1.29, 1.82) is 0 Å². The molecular weight excluding hydrogens is 218 g/mol. The maximum atomic E-state index is 5.45. The Kier molecular flexibility index (Phi) is 4.79. The lowest BCUT2D eigenvalue weighted by Gasteiger charge is -2.29. The Labute approximate surface area is 102 Å². The Morgan fingerprint density at radius 1 is 1.56 bits per heavy atom. The highest BCUT2D eigenvalue weighted by molar-refractivity contribution is 8.00. The SMILES string of the molecule is CCNC(Cc1ccco1)C1CCCCS1. The Morgan fingerprint density at radius 3 is 3.12 bits per heavy atom. The molecule has 16 heavy (non-hydrogen) atoms. The third-order valence-corrected chi connectivity index (χ3v) is 4.65. The van der Waals surface area contributed by atoms with Crippen LogP contribution in [0.25, 0.3) is 0 Å². The summed E-state index contributed by atoms with van der Waals surface area (Å²) < 4.78 is 5.45. The standard InChI is InChI=1S/C13H21NOS/c1-2-14-12(10-11-6-5-8-15-11)13-7-3-4-9-16-13/h5-6,8,12-14H,2-4,7,9-10H2,1H3. The third kappa shape index (κ3) is 3.29. The second-order valence-corrected chi connectivity index (χ2v) is 5.70. The fourth-order valence-corrected chi connectivity index (χ4v) is 3.76. The third-order valence-electron chi connectivity index (χ3n) is 3.13. The lowest BCUT2D eigenvalue weighted by molar-refractivity contribution is 0.423. The van der Waals surface area contributed by atoms with Crippen molar-refractivity contribution in [1.82, 2.24) is 5.32 Å². The van der Waals surface area contributed by atoms with Crippen molar-refractivity contribution in [2.24, 2.45) is 0 Å². The number of rotatable bonds is 5. The van der Waals surface area contributed by atoms with Gasteiger partial charge in [0, 0.05) is 17.7 Å². The van der Waals surface area contributed by atoms with E-state index in [0.717, 1.165) is 24.0 Å². The zero-order valence-corrected chi connectivity index (χ0v) is 10.8. The van der Waals surface area contributed by atoms with Gasteiger partial charge >= 0.3 is 0 Å². The first-order valence-corrected chi connectivity index (χ1v) is 7.32. The number of nitrogens with one attached hydrogen (secondary N) is 1. The predicted molar refractivity (Wildman–Crippen MR) is 70.0 cm³/mol. The van der Waals surface area contributed by atoms with Crippen molar-refractivity contribution in [3.05, 3.63) is 24.2 Å². The van der Waals surface area contributed by atoms with E-state index in [1.54, 1.807) is 6.26 Å². The van der Waals surface area contributed by atoms with Gasteiger partial charge < -0.3 is 9.73 Å². The van der Waals surface area contributed by atoms with Gasteiger partial charge in [0.15, 0.2) is 0 Å². The molecule has 1 fully saturated rings. The molecule has 0 spiro atoms. The summed E-state index contributed by atoms with van der Waals surface area (Å²) in [6.07, 6.45) is 6.92. The van der Waals surface area contributed by atoms with Crippen molar-refractivity contribution in [2.45, 2.75) is 43.9 Å². The molecule has 2 rings (SSSR count). The summed E-state index contributed by atoms with van der Waals surface area (Å²) in [4.78, 5) is 0. The van der Waals surface area contributed by atoms with Crippen LogP contribution >= 0.6 is 11.8 Å². The van der Waals surface area contributed by atoms with Crippen molar-refractivity contribution in [2.75, 3.05) is 12.3 Å². The molecule has 2 nitrogen and oxygen atoms in total. The van der Waals surface area contributed by atoms with Crippen LogP contribution in [0.15, 0.2) is 22.8 Å². The first-order chi connectivity index (χ1) is 7.90. The lowest BCUT2D eigenvalue weighted by Crippen LogP contribution is -2.41. The summed E-state index contributed by atoms with van der Waals surface area (Å²) >= 11 is 2.13.